The second-order valence-corrected chi connectivity index (χ2v) is 4.65. The first kappa shape index (κ1) is 13.6. The van der Waals surface area contributed by atoms with Crippen molar-refractivity contribution < 1.29 is 14.7 Å². The lowest BCUT2D eigenvalue weighted by molar-refractivity contribution is -0.121. The SMILES string of the molecule is O=C1CCC(C(=O)Nc2cc(Cl)c(O)c(Cl)c2)=NN1. The van der Waals surface area contributed by atoms with Crippen LogP contribution < -0.4 is 10.7 Å². The zero-order chi connectivity index (χ0) is 14.0. The maximum absolute atomic E-state index is 11.8. The molecule has 2 amide bonds. The second-order valence-electron chi connectivity index (χ2n) is 3.84. The lowest BCUT2D eigenvalue weighted by atomic mass is 10.1. The van der Waals surface area contributed by atoms with E-state index in [2.05, 4.69) is 15.8 Å². The summed E-state index contributed by atoms with van der Waals surface area (Å²) in [6, 6.07) is 2.73. The molecule has 0 aromatic heterocycles. The standard InChI is InChI=1S/C11H9Cl2N3O3/c12-6-3-5(4-7(13)10(6)18)14-11(19)8-1-2-9(17)16-15-8/h3-4,18H,1-2H2,(H,14,19)(H,16,17). The number of hydrazone groups is 1. The Kier molecular flexibility index (Phi) is 3.92. The van der Waals surface area contributed by atoms with Gasteiger partial charge in [-0.15, -0.1) is 0 Å². The monoisotopic (exact) mass is 301 g/mol. The summed E-state index contributed by atoms with van der Waals surface area (Å²) in [5.74, 6) is -0.936. The Labute approximate surface area is 118 Å². The minimum absolute atomic E-state index is 0.0293. The maximum atomic E-state index is 11.8. The molecule has 100 valence electrons. The summed E-state index contributed by atoms with van der Waals surface area (Å²) in [7, 11) is 0. The fourth-order valence-corrected chi connectivity index (χ4v) is 1.97. The molecule has 0 aliphatic carbocycles. The third kappa shape index (κ3) is 3.15. The number of nitrogens with zero attached hydrogens (tertiary/aromatic N) is 1. The van der Waals surface area contributed by atoms with Crippen molar-refractivity contribution in [2.45, 2.75) is 12.8 Å². The van der Waals surface area contributed by atoms with Crippen molar-refractivity contribution in [3.05, 3.63) is 22.2 Å². The molecule has 1 aromatic rings. The minimum Gasteiger partial charge on any atom is -0.505 e. The molecule has 0 saturated heterocycles. The molecule has 1 heterocycles. The lowest BCUT2D eigenvalue weighted by Gasteiger charge is -2.12. The van der Waals surface area contributed by atoms with Crippen LogP contribution in [0.4, 0.5) is 5.69 Å². The van der Waals surface area contributed by atoms with Crippen molar-refractivity contribution in [1.82, 2.24) is 5.43 Å². The van der Waals surface area contributed by atoms with Crippen molar-refractivity contribution in [1.29, 1.82) is 0 Å². The summed E-state index contributed by atoms with van der Waals surface area (Å²) in [6.45, 7) is 0. The van der Waals surface area contributed by atoms with E-state index in [9.17, 15) is 14.7 Å². The summed E-state index contributed by atoms with van der Waals surface area (Å²) in [5.41, 5.74) is 2.77. The van der Waals surface area contributed by atoms with Crippen LogP contribution >= 0.6 is 23.2 Å². The largest absolute Gasteiger partial charge is 0.505 e. The summed E-state index contributed by atoms with van der Waals surface area (Å²) in [5, 5.41) is 15.6. The number of phenols is 1. The average Bonchev–Trinajstić information content (AvgIpc) is 2.36. The number of carbonyl (C=O) groups excluding carboxylic acids is 2. The van der Waals surface area contributed by atoms with E-state index < -0.39 is 5.91 Å². The maximum Gasteiger partial charge on any atom is 0.271 e. The van der Waals surface area contributed by atoms with E-state index in [0.29, 0.717) is 5.69 Å². The summed E-state index contributed by atoms with van der Waals surface area (Å²) in [4.78, 5) is 22.7. The van der Waals surface area contributed by atoms with Crippen molar-refractivity contribution in [2.24, 2.45) is 5.10 Å². The van der Waals surface area contributed by atoms with Crippen LogP contribution in [0.5, 0.6) is 5.75 Å². The molecule has 1 aliphatic rings. The zero-order valence-electron chi connectivity index (χ0n) is 9.54. The average molecular weight is 302 g/mol. The first-order chi connectivity index (χ1) is 8.97. The van der Waals surface area contributed by atoms with Gasteiger partial charge in [-0.25, -0.2) is 5.43 Å². The minimum atomic E-state index is -0.460. The number of hydrogen-bond donors (Lipinski definition) is 3. The number of phenolic OH excluding ortho intramolecular Hbond substituents is 1. The van der Waals surface area contributed by atoms with E-state index in [1.165, 1.54) is 12.1 Å². The lowest BCUT2D eigenvalue weighted by Crippen LogP contribution is -2.32. The number of amides is 2. The molecule has 3 N–H and O–H groups in total. The Hall–Kier alpha value is -1.79. The first-order valence-electron chi connectivity index (χ1n) is 5.32. The van der Waals surface area contributed by atoms with E-state index in [0.717, 1.165) is 0 Å². The number of aromatic hydroxyl groups is 1. The van der Waals surface area contributed by atoms with Crippen LogP contribution in [0.1, 0.15) is 12.8 Å². The van der Waals surface area contributed by atoms with Gasteiger partial charge in [-0.05, 0) is 12.1 Å². The molecule has 8 heteroatoms. The molecule has 2 rings (SSSR count). The molecule has 0 spiro atoms. The van der Waals surface area contributed by atoms with Crippen LogP contribution in [0.3, 0.4) is 0 Å². The van der Waals surface area contributed by atoms with Gasteiger partial charge in [0.05, 0.1) is 10.0 Å². The van der Waals surface area contributed by atoms with Crippen molar-refractivity contribution in [2.75, 3.05) is 5.32 Å². The van der Waals surface area contributed by atoms with E-state index in [-0.39, 0.29) is 40.3 Å². The number of nitrogens with one attached hydrogen (secondary N) is 2. The van der Waals surface area contributed by atoms with Gasteiger partial charge in [0.25, 0.3) is 5.91 Å². The van der Waals surface area contributed by atoms with Gasteiger partial charge in [0.15, 0.2) is 5.75 Å². The van der Waals surface area contributed by atoms with Crippen LogP contribution in [0.2, 0.25) is 10.0 Å². The number of anilines is 1. The Morgan fingerprint density at radius 3 is 2.47 bits per heavy atom. The third-order valence-corrected chi connectivity index (χ3v) is 3.02. The van der Waals surface area contributed by atoms with Gasteiger partial charge in [0, 0.05) is 18.5 Å². The van der Waals surface area contributed by atoms with Gasteiger partial charge in [-0.2, -0.15) is 5.10 Å². The van der Waals surface area contributed by atoms with E-state index in [4.69, 9.17) is 23.2 Å². The molecule has 19 heavy (non-hydrogen) atoms. The summed E-state index contributed by atoms with van der Waals surface area (Å²) < 4.78 is 0. The molecule has 1 aromatic carbocycles. The van der Waals surface area contributed by atoms with Gasteiger partial charge in [0.1, 0.15) is 5.71 Å². The third-order valence-electron chi connectivity index (χ3n) is 2.44. The zero-order valence-corrected chi connectivity index (χ0v) is 11.0. The fourth-order valence-electron chi connectivity index (χ4n) is 1.48. The van der Waals surface area contributed by atoms with Gasteiger partial charge in [0.2, 0.25) is 5.91 Å². The van der Waals surface area contributed by atoms with E-state index in [1.54, 1.807) is 0 Å². The first-order valence-corrected chi connectivity index (χ1v) is 6.07. The highest BCUT2D eigenvalue weighted by atomic mass is 35.5. The predicted octanol–water partition coefficient (Wildman–Crippen LogP) is 1.90. The number of benzene rings is 1. The number of halogens is 2. The molecule has 0 fully saturated rings. The number of carbonyl (C=O) groups is 2. The molecule has 0 atom stereocenters. The summed E-state index contributed by atoms with van der Waals surface area (Å²) in [6.07, 6.45) is 0.473. The number of rotatable bonds is 2. The van der Waals surface area contributed by atoms with E-state index >= 15 is 0 Å². The molecule has 0 unspecified atom stereocenters. The number of hydrogen-bond acceptors (Lipinski definition) is 4. The Morgan fingerprint density at radius 1 is 1.32 bits per heavy atom. The van der Waals surface area contributed by atoms with Crippen LogP contribution in [0.15, 0.2) is 17.2 Å². The molecule has 6 nitrogen and oxygen atoms in total. The molecular formula is C11H9Cl2N3O3. The van der Waals surface area contributed by atoms with E-state index in [1.807, 2.05) is 0 Å². The second kappa shape index (κ2) is 5.46. The highest BCUT2D eigenvalue weighted by Crippen LogP contribution is 2.34. The van der Waals surface area contributed by atoms with Crippen LogP contribution in [0, 0.1) is 0 Å². The van der Waals surface area contributed by atoms with Crippen molar-refractivity contribution >= 4 is 46.4 Å². The molecule has 0 radical (unpaired) electrons. The van der Waals surface area contributed by atoms with Gasteiger partial charge < -0.3 is 10.4 Å². The Bertz CT molecular complexity index is 564. The Balaban J connectivity index is 2.13. The summed E-state index contributed by atoms with van der Waals surface area (Å²) >= 11 is 11.5. The topological polar surface area (TPSA) is 90.8 Å². The molecule has 0 bridgehead atoms. The molecular weight excluding hydrogens is 293 g/mol. The van der Waals surface area contributed by atoms with Crippen molar-refractivity contribution in [3.8, 4) is 5.75 Å². The smallest absolute Gasteiger partial charge is 0.271 e. The highest BCUT2D eigenvalue weighted by molar-refractivity contribution is 6.44. The normalized spacial score (nSPS) is 14.6. The van der Waals surface area contributed by atoms with Gasteiger partial charge >= 0.3 is 0 Å². The van der Waals surface area contributed by atoms with Crippen LogP contribution in [-0.4, -0.2) is 22.6 Å². The van der Waals surface area contributed by atoms with Gasteiger partial charge in [-0.1, -0.05) is 23.2 Å². The highest BCUT2D eigenvalue weighted by Gasteiger charge is 2.19. The quantitative estimate of drug-likeness (QED) is 0.729. The van der Waals surface area contributed by atoms with Crippen LogP contribution in [0.25, 0.3) is 0 Å². The fraction of sp³-hybridized carbons (Fsp3) is 0.182. The van der Waals surface area contributed by atoms with Crippen LogP contribution in [-0.2, 0) is 9.59 Å². The predicted molar refractivity (Wildman–Crippen MR) is 71.6 cm³/mol. The molecule has 1 aliphatic heterocycles. The molecule has 0 saturated carbocycles. The van der Waals surface area contributed by atoms with Gasteiger partial charge in [-0.3, -0.25) is 9.59 Å². The van der Waals surface area contributed by atoms with Crippen molar-refractivity contribution in [3.63, 3.8) is 0 Å². The Morgan fingerprint density at radius 2 is 1.95 bits per heavy atom.